The van der Waals surface area contributed by atoms with Gasteiger partial charge in [-0.3, -0.25) is 24.6 Å². The monoisotopic (exact) mass is 340 g/mol. The number of amides is 3. The van der Waals surface area contributed by atoms with Gasteiger partial charge in [-0.2, -0.15) is 0 Å². The van der Waals surface area contributed by atoms with Gasteiger partial charge in [0.1, 0.15) is 0 Å². The lowest BCUT2D eigenvalue weighted by molar-refractivity contribution is -0.114. The Morgan fingerprint density at radius 1 is 0.800 bits per heavy atom. The number of hydrazine groups is 1. The molecular weight excluding hydrogens is 324 g/mol. The van der Waals surface area contributed by atoms with E-state index >= 15 is 0 Å². The van der Waals surface area contributed by atoms with Gasteiger partial charge in [0, 0.05) is 6.92 Å². The molecule has 0 aliphatic rings. The minimum atomic E-state index is -0.949. The number of nitrogens with two attached hydrogens (primary N) is 1. The Morgan fingerprint density at radius 3 is 1.88 bits per heavy atom. The standard InChI is InChI=1S/C17H16N4O4/c1-10(22)19-13-8-4-2-6-11(13)15(23)17(25)20-14-9-5-3-7-12(14)16(24)21-18/h2-9H,18H2,1H3,(H,19,22)(H,20,25)(H,21,24). The lowest BCUT2D eigenvalue weighted by Gasteiger charge is -2.11. The summed E-state index contributed by atoms with van der Waals surface area (Å²) in [7, 11) is 0. The largest absolute Gasteiger partial charge is 0.326 e. The van der Waals surface area contributed by atoms with E-state index in [9.17, 15) is 19.2 Å². The number of anilines is 2. The number of para-hydroxylation sites is 2. The number of carbonyl (C=O) groups excluding carboxylic acids is 4. The van der Waals surface area contributed by atoms with Crippen LogP contribution in [0.1, 0.15) is 27.6 Å². The van der Waals surface area contributed by atoms with Crippen LogP contribution in [-0.2, 0) is 9.59 Å². The Kier molecular flexibility index (Phi) is 5.59. The number of hydrogen-bond acceptors (Lipinski definition) is 5. The van der Waals surface area contributed by atoms with Gasteiger partial charge in [0.15, 0.2) is 0 Å². The van der Waals surface area contributed by atoms with Crippen LogP contribution in [0.2, 0.25) is 0 Å². The molecule has 3 amide bonds. The van der Waals surface area contributed by atoms with Crippen molar-refractivity contribution < 1.29 is 19.2 Å². The van der Waals surface area contributed by atoms with Crippen LogP contribution >= 0.6 is 0 Å². The molecule has 0 radical (unpaired) electrons. The van der Waals surface area contributed by atoms with E-state index in [0.29, 0.717) is 0 Å². The highest BCUT2D eigenvalue weighted by Crippen LogP contribution is 2.18. The predicted octanol–water partition coefficient (Wildman–Crippen LogP) is 1.07. The molecule has 0 atom stereocenters. The van der Waals surface area contributed by atoms with Gasteiger partial charge in [-0.1, -0.05) is 24.3 Å². The van der Waals surface area contributed by atoms with Gasteiger partial charge >= 0.3 is 0 Å². The summed E-state index contributed by atoms with van der Waals surface area (Å²) < 4.78 is 0. The van der Waals surface area contributed by atoms with E-state index in [4.69, 9.17) is 5.84 Å². The molecule has 2 rings (SSSR count). The van der Waals surface area contributed by atoms with Crippen LogP contribution < -0.4 is 21.9 Å². The number of nitrogen functional groups attached to an aromatic ring is 1. The zero-order chi connectivity index (χ0) is 18.4. The molecule has 8 heteroatoms. The van der Waals surface area contributed by atoms with Crippen molar-refractivity contribution in [2.75, 3.05) is 10.6 Å². The SMILES string of the molecule is CC(=O)Nc1ccccc1C(=O)C(=O)Nc1ccccc1C(=O)NN. The summed E-state index contributed by atoms with van der Waals surface area (Å²) in [5, 5.41) is 4.88. The van der Waals surface area contributed by atoms with Gasteiger partial charge in [0.25, 0.3) is 17.6 Å². The van der Waals surface area contributed by atoms with Crippen molar-refractivity contribution in [2.24, 2.45) is 5.84 Å². The molecule has 128 valence electrons. The fourth-order valence-corrected chi connectivity index (χ4v) is 2.15. The third-order valence-electron chi connectivity index (χ3n) is 3.24. The lowest BCUT2D eigenvalue weighted by atomic mass is 10.1. The molecule has 2 aromatic rings. The normalized spacial score (nSPS) is 9.84. The molecule has 0 aliphatic heterocycles. The highest BCUT2D eigenvalue weighted by molar-refractivity contribution is 6.47. The van der Waals surface area contributed by atoms with Crippen LogP contribution in [0.15, 0.2) is 48.5 Å². The maximum absolute atomic E-state index is 12.4. The van der Waals surface area contributed by atoms with Crippen molar-refractivity contribution in [2.45, 2.75) is 6.92 Å². The number of nitrogens with one attached hydrogen (secondary N) is 3. The summed E-state index contributed by atoms with van der Waals surface area (Å²) in [6.45, 7) is 1.29. The van der Waals surface area contributed by atoms with E-state index in [2.05, 4.69) is 10.6 Å². The summed E-state index contributed by atoms with van der Waals surface area (Å²) >= 11 is 0. The van der Waals surface area contributed by atoms with Crippen molar-refractivity contribution in [3.05, 3.63) is 59.7 Å². The molecule has 0 bridgehead atoms. The van der Waals surface area contributed by atoms with Gasteiger partial charge in [-0.25, -0.2) is 5.84 Å². The Bertz CT molecular complexity index is 848. The van der Waals surface area contributed by atoms with Gasteiger partial charge in [0.2, 0.25) is 5.91 Å². The number of benzene rings is 2. The first-order valence-corrected chi connectivity index (χ1v) is 7.26. The van der Waals surface area contributed by atoms with Crippen LogP contribution in [0, 0.1) is 0 Å². The second-order valence-electron chi connectivity index (χ2n) is 5.03. The van der Waals surface area contributed by atoms with Crippen molar-refractivity contribution in [3.8, 4) is 0 Å². The summed E-state index contributed by atoms with van der Waals surface area (Å²) in [6, 6.07) is 12.2. The van der Waals surface area contributed by atoms with E-state index in [1.807, 2.05) is 5.43 Å². The fourth-order valence-electron chi connectivity index (χ4n) is 2.15. The van der Waals surface area contributed by atoms with Gasteiger partial charge in [-0.05, 0) is 24.3 Å². The highest BCUT2D eigenvalue weighted by Gasteiger charge is 2.21. The molecule has 0 heterocycles. The van der Waals surface area contributed by atoms with Crippen LogP contribution in [0.4, 0.5) is 11.4 Å². The van der Waals surface area contributed by atoms with Crippen LogP contribution in [-0.4, -0.2) is 23.5 Å². The molecule has 0 fully saturated rings. The number of ketones is 1. The van der Waals surface area contributed by atoms with Crippen LogP contribution in [0.5, 0.6) is 0 Å². The van der Waals surface area contributed by atoms with Gasteiger partial charge in [-0.15, -0.1) is 0 Å². The summed E-state index contributed by atoms with van der Waals surface area (Å²) in [6.07, 6.45) is 0. The Balaban J connectivity index is 2.27. The Morgan fingerprint density at radius 2 is 1.32 bits per heavy atom. The summed E-state index contributed by atoms with van der Waals surface area (Å²) in [5.74, 6) is 2.32. The predicted molar refractivity (Wildman–Crippen MR) is 91.8 cm³/mol. The van der Waals surface area contributed by atoms with Gasteiger partial charge < -0.3 is 10.6 Å². The molecular formula is C17H16N4O4. The molecule has 2 aromatic carbocycles. The second kappa shape index (κ2) is 7.84. The summed E-state index contributed by atoms with van der Waals surface area (Å²) in [5.41, 5.74) is 2.48. The van der Waals surface area contributed by atoms with Crippen molar-refractivity contribution in [3.63, 3.8) is 0 Å². The highest BCUT2D eigenvalue weighted by atomic mass is 16.2. The first-order chi connectivity index (χ1) is 11.9. The van der Waals surface area contributed by atoms with E-state index in [-0.39, 0.29) is 28.4 Å². The van der Waals surface area contributed by atoms with E-state index < -0.39 is 17.6 Å². The number of carbonyl (C=O) groups is 4. The molecule has 0 saturated heterocycles. The number of Topliss-reactive ketones (excluding diaryl/α,β-unsaturated/α-hetero) is 1. The zero-order valence-corrected chi connectivity index (χ0v) is 13.3. The lowest BCUT2D eigenvalue weighted by Crippen LogP contribution is -2.31. The second-order valence-corrected chi connectivity index (χ2v) is 5.03. The van der Waals surface area contributed by atoms with Crippen molar-refractivity contribution in [1.29, 1.82) is 0 Å². The fraction of sp³-hybridized carbons (Fsp3) is 0.0588. The van der Waals surface area contributed by atoms with Crippen molar-refractivity contribution in [1.82, 2.24) is 5.43 Å². The maximum Gasteiger partial charge on any atom is 0.296 e. The third kappa shape index (κ3) is 4.27. The Hall–Kier alpha value is -3.52. The minimum Gasteiger partial charge on any atom is -0.326 e. The van der Waals surface area contributed by atoms with E-state index in [1.54, 1.807) is 24.3 Å². The van der Waals surface area contributed by atoms with E-state index in [0.717, 1.165) is 0 Å². The smallest absolute Gasteiger partial charge is 0.296 e. The molecule has 8 nitrogen and oxygen atoms in total. The minimum absolute atomic E-state index is 0.0379. The molecule has 5 N–H and O–H groups in total. The topological polar surface area (TPSA) is 130 Å². The first kappa shape index (κ1) is 17.8. The molecule has 0 spiro atoms. The van der Waals surface area contributed by atoms with Crippen molar-refractivity contribution >= 4 is 34.9 Å². The Labute approximate surface area is 143 Å². The van der Waals surface area contributed by atoms with Crippen LogP contribution in [0.25, 0.3) is 0 Å². The molecule has 0 aromatic heterocycles. The quantitative estimate of drug-likeness (QED) is 0.213. The third-order valence-corrected chi connectivity index (χ3v) is 3.24. The maximum atomic E-state index is 12.4. The average Bonchev–Trinajstić information content (AvgIpc) is 2.61. The first-order valence-electron chi connectivity index (χ1n) is 7.26. The molecule has 0 aliphatic carbocycles. The zero-order valence-electron chi connectivity index (χ0n) is 13.3. The average molecular weight is 340 g/mol. The van der Waals surface area contributed by atoms with Crippen LogP contribution in [0.3, 0.4) is 0 Å². The van der Waals surface area contributed by atoms with Gasteiger partial charge in [0.05, 0.1) is 22.5 Å². The number of hydrogen-bond donors (Lipinski definition) is 4. The van der Waals surface area contributed by atoms with E-state index in [1.165, 1.54) is 31.2 Å². The molecule has 0 unspecified atom stereocenters. The molecule has 0 saturated carbocycles. The number of rotatable bonds is 5. The molecule has 25 heavy (non-hydrogen) atoms. The summed E-state index contributed by atoms with van der Waals surface area (Å²) in [4.78, 5) is 47.6.